The van der Waals surface area contributed by atoms with Crippen LogP contribution in [0.1, 0.15) is 15.9 Å². The average molecular weight is 643 g/mol. The van der Waals surface area contributed by atoms with Crippen molar-refractivity contribution >= 4 is 80.3 Å². The molecule has 224 valence electrons. The van der Waals surface area contributed by atoms with E-state index in [1.54, 1.807) is 24.3 Å². The van der Waals surface area contributed by atoms with Gasteiger partial charge in [-0.3, -0.25) is 9.35 Å². The fraction of sp³-hybridized carbons (Fsp3) is 0.0909. The van der Waals surface area contributed by atoms with Gasteiger partial charge in [-0.1, -0.05) is 22.7 Å². The molecule has 0 fully saturated rings. The summed E-state index contributed by atoms with van der Waals surface area (Å²) in [6, 6.07) is 11.4. The summed E-state index contributed by atoms with van der Waals surface area (Å²) in [6.07, 6.45) is 0. The second-order valence-corrected chi connectivity index (χ2v) is 10.6. The molecule has 0 atom stereocenters. The van der Waals surface area contributed by atoms with Crippen molar-refractivity contribution < 1.29 is 52.0 Å². The molecule has 0 aliphatic carbocycles. The molecule has 3 aromatic carbocycles. The molecule has 9 N–H and O–H groups in total. The van der Waals surface area contributed by atoms with Crippen LogP contribution in [0.5, 0.6) is 0 Å². The van der Waals surface area contributed by atoms with Crippen LogP contribution in [0.25, 0.3) is 0 Å². The Labute approximate surface area is 245 Å². The number of hydrogen-bond acceptors (Lipinski definition) is 16. The lowest BCUT2D eigenvalue weighted by Crippen LogP contribution is -2.03. The number of benzene rings is 3. The number of carboxylic acid groups (broad SMARTS) is 1. The van der Waals surface area contributed by atoms with Crippen molar-refractivity contribution in [1.82, 2.24) is 0 Å². The van der Waals surface area contributed by atoms with Crippen LogP contribution in [-0.4, -0.2) is 46.5 Å². The number of aryl methyl sites for hydroxylation is 1. The third-order valence-electron chi connectivity index (χ3n) is 4.80. The zero-order chi connectivity index (χ0) is 30.2. The maximum absolute atomic E-state index is 12.2. The Kier molecular flexibility index (Phi) is 12.3. The standard InChI is InChI=1S/C22H20N6O10S3.H2O/c1-11-2-4-12(5-3-11)25-27-20-14(23)9-15(24)21(19(20)22(30)31)28-26-16-7-6-13(8-17(16)41(33,34)35)40-36-18(29)10-39-38-37-32;/h2-9,32H,10,23-24H2,1H3,(H,30,31)(H,33,34,35);1H2. The lowest BCUT2D eigenvalue weighted by atomic mass is 10.1. The van der Waals surface area contributed by atoms with Crippen LogP contribution >= 0.6 is 24.1 Å². The molecule has 3 rings (SSSR count). The number of anilines is 2. The molecular formula is C22H22N6O11S3. The Balaban J connectivity index is 0.00000616. The Morgan fingerprint density at radius 1 is 0.952 bits per heavy atom. The fourth-order valence-electron chi connectivity index (χ4n) is 2.99. The van der Waals surface area contributed by atoms with Crippen molar-refractivity contribution in [2.24, 2.45) is 20.5 Å². The van der Waals surface area contributed by atoms with Gasteiger partial charge in [0.05, 0.1) is 29.1 Å². The summed E-state index contributed by atoms with van der Waals surface area (Å²) in [7, 11) is -4.89. The molecule has 0 unspecified atom stereocenters. The number of nitrogens with zero attached hydrogens (tertiary/aromatic N) is 4. The molecular weight excluding hydrogens is 620 g/mol. The van der Waals surface area contributed by atoms with E-state index in [0.29, 0.717) is 29.8 Å². The first kappa shape index (κ1) is 34.1. The molecule has 0 aromatic heterocycles. The van der Waals surface area contributed by atoms with Gasteiger partial charge in [-0.25, -0.2) is 10.1 Å². The molecule has 20 heteroatoms. The van der Waals surface area contributed by atoms with Crippen LogP contribution in [0, 0.1) is 6.92 Å². The van der Waals surface area contributed by atoms with Gasteiger partial charge in [0.2, 0.25) is 0 Å². The third-order valence-corrected chi connectivity index (χ3v) is 6.91. The van der Waals surface area contributed by atoms with Crippen molar-refractivity contribution in [3.05, 3.63) is 59.7 Å². The van der Waals surface area contributed by atoms with Crippen LogP contribution in [-0.2, 0) is 28.5 Å². The smallest absolute Gasteiger partial charge is 0.340 e. The zero-order valence-corrected chi connectivity index (χ0v) is 23.6. The number of azo groups is 2. The first-order valence-electron chi connectivity index (χ1n) is 10.8. The van der Waals surface area contributed by atoms with E-state index in [1.807, 2.05) is 6.92 Å². The molecule has 0 bridgehead atoms. The predicted molar refractivity (Wildman–Crippen MR) is 151 cm³/mol. The minimum atomic E-state index is -4.89. The van der Waals surface area contributed by atoms with Gasteiger partial charge in [0.25, 0.3) is 10.1 Å². The Morgan fingerprint density at radius 2 is 1.57 bits per heavy atom. The number of carbonyl (C=O) groups excluding carboxylic acids is 1. The molecule has 42 heavy (non-hydrogen) atoms. The van der Waals surface area contributed by atoms with E-state index < -0.39 is 43.9 Å². The van der Waals surface area contributed by atoms with E-state index in [9.17, 15) is 27.7 Å². The van der Waals surface area contributed by atoms with Gasteiger partial charge in [-0.05, 0) is 43.3 Å². The quantitative estimate of drug-likeness (QED) is 0.0339. The third kappa shape index (κ3) is 9.19. The van der Waals surface area contributed by atoms with E-state index in [4.69, 9.17) is 20.9 Å². The summed E-state index contributed by atoms with van der Waals surface area (Å²) >= 11 is 0.876. The van der Waals surface area contributed by atoms with Crippen molar-refractivity contribution in [1.29, 1.82) is 0 Å². The van der Waals surface area contributed by atoms with Gasteiger partial charge in [-0.15, -0.1) is 19.7 Å². The Bertz CT molecular complexity index is 1620. The first-order valence-corrected chi connectivity index (χ1v) is 13.9. The average Bonchev–Trinajstić information content (AvgIpc) is 2.91. The van der Waals surface area contributed by atoms with Crippen LogP contribution in [0.15, 0.2) is 78.8 Å². The molecule has 0 amide bonds. The lowest BCUT2D eigenvalue weighted by Gasteiger charge is -2.10. The van der Waals surface area contributed by atoms with Crippen molar-refractivity contribution in [3.63, 3.8) is 0 Å². The maximum Gasteiger partial charge on any atom is 0.340 e. The number of rotatable bonds is 12. The molecule has 0 aliphatic rings. The van der Waals surface area contributed by atoms with E-state index in [-0.39, 0.29) is 33.2 Å². The zero-order valence-electron chi connectivity index (χ0n) is 21.2. The summed E-state index contributed by atoms with van der Waals surface area (Å²) in [5.41, 5.74) is 11.4. The highest BCUT2D eigenvalue weighted by Crippen LogP contribution is 2.41. The number of hydrogen-bond donors (Lipinski definition) is 5. The van der Waals surface area contributed by atoms with Crippen molar-refractivity contribution in [2.75, 3.05) is 17.2 Å². The van der Waals surface area contributed by atoms with Crippen molar-refractivity contribution in [2.45, 2.75) is 16.7 Å². The van der Waals surface area contributed by atoms with Gasteiger partial charge in [0.1, 0.15) is 33.3 Å². The topological polar surface area (TPSA) is 290 Å². The molecule has 0 aliphatic heterocycles. The van der Waals surface area contributed by atoms with E-state index in [2.05, 4.69) is 29.8 Å². The fourth-order valence-corrected chi connectivity index (χ4v) is 4.58. The van der Waals surface area contributed by atoms with Gasteiger partial charge < -0.3 is 26.2 Å². The highest BCUT2D eigenvalue weighted by molar-refractivity contribution is 7.96. The minimum Gasteiger partial charge on any atom is -0.478 e. The highest BCUT2D eigenvalue weighted by Gasteiger charge is 2.23. The second kappa shape index (κ2) is 15.2. The van der Waals surface area contributed by atoms with Gasteiger partial charge >= 0.3 is 11.9 Å². The van der Waals surface area contributed by atoms with Crippen LogP contribution in [0.4, 0.5) is 34.1 Å². The highest BCUT2D eigenvalue weighted by atomic mass is 32.2. The monoisotopic (exact) mass is 642 g/mol. The predicted octanol–water partition coefficient (Wildman–Crippen LogP) is 4.73. The van der Waals surface area contributed by atoms with E-state index >= 15 is 0 Å². The number of carbonyl (C=O) groups is 2. The number of nitrogens with two attached hydrogens (primary N) is 2. The molecule has 0 radical (unpaired) electrons. The molecule has 0 spiro atoms. The van der Waals surface area contributed by atoms with Crippen LogP contribution < -0.4 is 11.5 Å². The molecule has 3 aromatic rings. The van der Waals surface area contributed by atoms with Crippen molar-refractivity contribution in [3.8, 4) is 0 Å². The van der Waals surface area contributed by atoms with Crippen LogP contribution in [0.2, 0.25) is 0 Å². The summed E-state index contributed by atoms with van der Waals surface area (Å²) < 4.78 is 42.7. The first-order chi connectivity index (χ1) is 19.4. The largest absolute Gasteiger partial charge is 0.478 e. The minimum absolute atomic E-state index is 0. The SMILES string of the molecule is Cc1ccc(N=Nc2c(N)cc(N)c(N=Nc3ccc(SOC(=O)CSOOO)cc3S(=O)(=O)O)c2C(=O)O)cc1.O. The number of nitrogen functional groups attached to an aromatic ring is 2. The van der Waals surface area contributed by atoms with Gasteiger partial charge in [0.15, 0.2) is 0 Å². The van der Waals surface area contributed by atoms with E-state index in [0.717, 1.165) is 17.7 Å². The summed E-state index contributed by atoms with van der Waals surface area (Å²) in [5.74, 6) is -2.73. The molecule has 0 saturated heterocycles. The Morgan fingerprint density at radius 3 is 2.14 bits per heavy atom. The Hall–Kier alpha value is -4.15. The normalized spacial score (nSPS) is 11.5. The summed E-state index contributed by atoms with van der Waals surface area (Å²) in [4.78, 5) is 23.1. The molecule has 17 nitrogen and oxygen atoms in total. The lowest BCUT2D eigenvalue weighted by molar-refractivity contribution is -0.432. The number of aromatic carboxylic acids is 1. The van der Waals surface area contributed by atoms with E-state index in [1.165, 1.54) is 12.1 Å². The van der Waals surface area contributed by atoms with Crippen LogP contribution in [0.3, 0.4) is 0 Å². The number of carboxylic acids is 1. The van der Waals surface area contributed by atoms with Gasteiger partial charge in [-0.2, -0.15) is 13.5 Å². The maximum atomic E-state index is 12.2. The molecule has 0 heterocycles. The summed E-state index contributed by atoms with van der Waals surface area (Å²) in [6.45, 7) is 1.88. The van der Waals surface area contributed by atoms with Gasteiger partial charge in [0, 0.05) is 16.9 Å². The summed E-state index contributed by atoms with van der Waals surface area (Å²) in [5, 5.41) is 36.9. The molecule has 0 saturated carbocycles. The second-order valence-electron chi connectivity index (χ2n) is 7.72.